The molecule has 0 spiro atoms. The van der Waals surface area contributed by atoms with Crippen LogP contribution in [-0.2, 0) is 16.1 Å². The zero-order valence-corrected chi connectivity index (χ0v) is 18.3. The van der Waals surface area contributed by atoms with Crippen LogP contribution in [0.5, 0.6) is 0 Å². The lowest BCUT2D eigenvalue weighted by Gasteiger charge is -2.32. The first-order chi connectivity index (χ1) is 16.3. The minimum absolute atomic E-state index is 0.130. The zero-order valence-electron chi connectivity index (χ0n) is 18.3. The number of primary amides is 1. The van der Waals surface area contributed by atoms with Crippen LogP contribution in [0, 0.1) is 16.0 Å². The minimum atomic E-state index is -0.632. The fraction of sp³-hybridized carbons (Fsp3) is 0.364. The molecule has 1 aliphatic heterocycles. The Balaban J connectivity index is 1.31. The molecule has 0 bridgehead atoms. The van der Waals surface area contributed by atoms with Gasteiger partial charge in [0.25, 0.3) is 5.69 Å². The van der Waals surface area contributed by atoms with Crippen molar-refractivity contribution in [3.63, 3.8) is 0 Å². The van der Waals surface area contributed by atoms with Gasteiger partial charge in [0.15, 0.2) is 5.58 Å². The summed E-state index contributed by atoms with van der Waals surface area (Å²) in [4.78, 5) is 52.6. The molecular weight excluding hydrogens is 444 g/mol. The van der Waals surface area contributed by atoms with Crippen LogP contribution in [0.1, 0.15) is 25.7 Å². The first-order valence-electron chi connectivity index (χ1n) is 10.9. The van der Waals surface area contributed by atoms with Gasteiger partial charge in [0.05, 0.1) is 34.3 Å². The van der Waals surface area contributed by atoms with Crippen LogP contribution in [0.3, 0.4) is 0 Å². The maximum Gasteiger partial charge on any atom is 0.419 e. The molecule has 3 aromatic rings. The van der Waals surface area contributed by atoms with Gasteiger partial charge in [0.1, 0.15) is 5.82 Å². The summed E-state index contributed by atoms with van der Waals surface area (Å²) in [7, 11) is 0. The average molecular weight is 468 g/mol. The van der Waals surface area contributed by atoms with E-state index in [9.17, 15) is 24.5 Å². The second kappa shape index (κ2) is 9.73. The van der Waals surface area contributed by atoms with Crippen molar-refractivity contribution in [2.24, 2.45) is 11.7 Å². The van der Waals surface area contributed by atoms with E-state index in [0.29, 0.717) is 24.2 Å². The number of non-ortho nitro benzene ring substituents is 1. The molecule has 12 heteroatoms. The number of nitrogens with two attached hydrogens (primary N) is 1. The largest absolute Gasteiger partial charge is 0.419 e. The number of hydrogen-bond donors (Lipinski definition) is 2. The number of nitrogens with zero attached hydrogens (tertiary/aromatic N) is 4. The number of nitro groups is 1. The Morgan fingerprint density at radius 3 is 2.82 bits per heavy atom. The number of hydrogen-bond acceptors (Lipinski definition) is 8. The Hall–Kier alpha value is -4.22. The normalized spacial score (nSPS) is 15.9. The van der Waals surface area contributed by atoms with Gasteiger partial charge in [0, 0.05) is 32.1 Å². The van der Waals surface area contributed by atoms with Crippen LogP contribution in [0.15, 0.2) is 45.7 Å². The topological polar surface area (TPSA) is 167 Å². The predicted molar refractivity (Wildman–Crippen MR) is 123 cm³/mol. The summed E-state index contributed by atoms with van der Waals surface area (Å²) in [6, 6.07) is 7.49. The minimum Gasteiger partial charge on any atom is -0.407 e. The number of aryl methyl sites for hydroxylation is 1. The molecule has 34 heavy (non-hydrogen) atoms. The Morgan fingerprint density at radius 1 is 1.29 bits per heavy atom. The highest BCUT2D eigenvalue weighted by Crippen LogP contribution is 2.23. The molecule has 2 aromatic heterocycles. The molecule has 12 nitrogen and oxygen atoms in total. The van der Waals surface area contributed by atoms with Gasteiger partial charge < -0.3 is 20.4 Å². The molecule has 0 aliphatic carbocycles. The number of carbonyl (C=O) groups excluding carboxylic acids is 2. The summed E-state index contributed by atoms with van der Waals surface area (Å²) >= 11 is 0. The Kier molecular flexibility index (Phi) is 6.57. The third-order valence-electron chi connectivity index (χ3n) is 5.83. The van der Waals surface area contributed by atoms with Crippen molar-refractivity contribution in [2.75, 3.05) is 23.3 Å². The van der Waals surface area contributed by atoms with Gasteiger partial charge in [-0.1, -0.05) is 0 Å². The Labute approximate surface area is 193 Å². The van der Waals surface area contributed by atoms with Crippen molar-refractivity contribution in [2.45, 2.75) is 32.2 Å². The number of rotatable bonds is 8. The number of oxazole rings is 1. The molecular formula is C22H24N6O6. The molecule has 178 valence electrons. The molecule has 1 saturated heterocycles. The number of nitrogens with one attached hydrogen (secondary N) is 1. The zero-order chi connectivity index (χ0) is 24.2. The fourth-order valence-electron chi connectivity index (χ4n) is 4.07. The predicted octanol–water partition coefficient (Wildman–Crippen LogP) is 2.02. The second-order valence-corrected chi connectivity index (χ2v) is 8.17. The molecule has 0 radical (unpaired) electrons. The first-order valence-corrected chi connectivity index (χ1v) is 10.9. The number of fused-ring (bicyclic) bond motifs is 1. The van der Waals surface area contributed by atoms with Crippen molar-refractivity contribution in [3.8, 4) is 0 Å². The summed E-state index contributed by atoms with van der Waals surface area (Å²) in [6.45, 7) is 1.55. The van der Waals surface area contributed by atoms with Crippen LogP contribution >= 0.6 is 0 Å². The molecule has 1 atom stereocenters. The van der Waals surface area contributed by atoms with Gasteiger partial charge in [-0.05, 0) is 37.5 Å². The van der Waals surface area contributed by atoms with Gasteiger partial charge in [-0.15, -0.1) is 0 Å². The maximum atomic E-state index is 12.3. The maximum absolute atomic E-state index is 12.3. The summed E-state index contributed by atoms with van der Waals surface area (Å²) in [5, 5.41) is 13.7. The van der Waals surface area contributed by atoms with Gasteiger partial charge in [-0.2, -0.15) is 0 Å². The molecule has 2 amide bonds. The van der Waals surface area contributed by atoms with Gasteiger partial charge in [-0.3, -0.25) is 24.3 Å². The van der Waals surface area contributed by atoms with Gasteiger partial charge in [-0.25, -0.2) is 9.78 Å². The van der Waals surface area contributed by atoms with Crippen molar-refractivity contribution < 1.29 is 18.9 Å². The lowest BCUT2D eigenvalue weighted by atomic mass is 9.97. The highest BCUT2D eigenvalue weighted by molar-refractivity contribution is 5.90. The standard InChI is InChI=1S/C22H24N6O6/c23-21(30)14-3-1-9-26(13-14)19-8-5-15(12-24-19)25-20(29)4-2-10-27-17-7-6-16(28(32)33)11-18(17)34-22(27)31/h5-8,11-12,14H,1-4,9-10,13H2,(H2,23,30)(H,25,29). The first kappa shape index (κ1) is 23.0. The summed E-state index contributed by atoms with van der Waals surface area (Å²) in [5.74, 6) is -0.648. The van der Waals surface area contributed by atoms with Gasteiger partial charge in [0.2, 0.25) is 11.8 Å². The number of carbonyl (C=O) groups is 2. The number of aromatic nitrogens is 2. The SMILES string of the molecule is NC(=O)C1CCCN(c2ccc(NC(=O)CCCn3c(=O)oc4cc([N+](=O)[O-])ccc43)cn2)C1. The Morgan fingerprint density at radius 2 is 2.12 bits per heavy atom. The van der Waals surface area contributed by atoms with Crippen LogP contribution in [0.4, 0.5) is 17.2 Å². The lowest BCUT2D eigenvalue weighted by molar-refractivity contribution is -0.384. The molecule has 3 heterocycles. The number of pyridine rings is 1. The molecule has 3 N–H and O–H groups in total. The van der Waals surface area contributed by atoms with Gasteiger partial charge >= 0.3 is 5.76 Å². The number of anilines is 2. The third-order valence-corrected chi connectivity index (χ3v) is 5.83. The van der Waals surface area contributed by atoms with E-state index < -0.39 is 10.7 Å². The van der Waals surface area contributed by atoms with E-state index in [4.69, 9.17) is 10.2 Å². The van der Waals surface area contributed by atoms with Crippen LogP contribution in [0.2, 0.25) is 0 Å². The molecule has 1 aliphatic rings. The summed E-state index contributed by atoms with van der Waals surface area (Å²) < 4.78 is 6.44. The molecule has 1 fully saturated rings. The highest BCUT2D eigenvalue weighted by Gasteiger charge is 2.24. The fourth-order valence-corrected chi connectivity index (χ4v) is 4.07. The number of nitro benzene ring substituents is 1. The quantitative estimate of drug-likeness (QED) is 0.374. The van der Waals surface area contributed by atoms with Crippen molar-refractivity contribution >= 4 is 40.1 Å². The lowest BCUT2D eigenvalue weighted by Crippen LogP contribution is -2.41. The molecule has 0 saturated carbocycles. The molecule has 4 rings (SSSR count). The monoisotopic (exact) mass is 468 g/mol. The number of piperidine rings is 1. The van der Waals surface area contributed by atoms with E-state index in [2.05, 4.69) is 10.3 Å². The summed E-state index contributed by atoms with van der Waals surface area (Å²) in [6.07, 6.45) is 3.72. The van der Waals surface area contributed by atoms with Crippen molar-refractivity contribution in [1.29, 1.82) is 0 Å². The van der Waals surface area contributed by atoms with Crippen LogP contribution in [0.25, 0.3) is 11.1 Å². The van der Waals surface area contributed by atoms with Crippen molar-refractivity contribution in [1.82, 2.24) is 9.55 Å². The highest BCUT2D eigenvalue weighted by atomic mass is 16.6. The number of amides is 2. The van der Waals surface area contributed by atoms with E-state index >= 15 is 0 Å². The second-order valence-electron chi connectivity index (χ2n) is 8.17. The van der Waals surface area contributed by atoms with E-state index in [1.807, 2.05) is 4.90 Å². The van der Waals surface area contributed by atoms with Crippen molar-refractivity contribution in [3.05, 3.63) is 57.2 Å². The van der Waals surface area contributed by atoms with E-state index in [1.54, 1.807) is 18.3 Å². The van der Waals surface area contributed by atoms with E-state index in [0.717, 1.165) is 25.2 Å². The van der Waals surface area contributed by atoms with E-state index in [-0.39, 0.29) is 42.0 Å². The number of benzene rings is 1. The Bertz CT molecular complexity index is 1280. The third kappa shape index (κ3) is 5.05. The van der Waals surface area contributed by atoms with Crippen LogP contribution < -0.4 is 21.7 Å². The molecule has 1 aromatic carbocycles. The average Bonchev–Trinajstić information content (AvgIpc) is 3.14. The summed E-state index contributed by atoms with van der Waals surface area (Å²) in [5.41, 5.74) is 6.37. The smallest absolute Gasteiger partial charge is 0.407 e. The van der Waals surface area contributed by atoms with Crippen LogP contribution in [-0.4, -0.2) is 39.4 Å². The molecule has 1 unspecified atom stereocenters. The van der Waals surface area contributed by atoms with E-state index in [1.165, 1.54) is 22.8 Å².